The van der Waals surface area contributed by atoms with Gasteiger partial charge in [0.15, 0.2) is 0 Å². The van der Waals surface area contributed by atoms with Crippen LogP contribution in [0.4, 0.5) is 16.2 Å². The van der Waals surface area contributed by atoms with Crippen molar-refractivity contribution < 1.29 is 43.4 Å². The number of hydrogen-bond acceptors (Lipinski definition) is 12. The normalized spacial score (nSPS) is 21.5. The van der Waals surface area contributed by atoms with Crippen molar-refractivity contribution in [1.29, 1.82) is 0 Å². The number of anilines is 1. The minimum Gasteiger partial charge on any atom is -0.491 e. The fraction of sp³-hybridized carbons (Fsp3) is 0.222. The first-order valence-corrected chi connectivity index (χ1v) is 22.3. The highest BCUT2D eigenvalue weighted by Crippen LogP contribution is 2.66. The number of carbonyl (C=O) groups is 4. The van der Waals surface area contributed by atoms with Crippen LogP contribution in [0.3, 0.4) is 0 Å². The third-order valence-corrected chi connectivity index (χ3v) is 12.9. The minimum absolute atomic E-state index is 0.0644. The lowest BCUT2D eigenvalue weighted by Gasteiger charge is -2.46. The van der Waals surface area contributed by atoms with Crippen molar-refractivity contribution in [2.24, 2.45) is 11.7 Å². The number of imide groups is 1. The van der Waals surface area contributed by atoms with E-state index in [-0.39, 0.29) is 42.5 Å². The summed E-state index contributed by atoms with van der Waals surface area (Å²) in [6, 6.07) is 41.9. The maximum absolute atomic E-state index is 16.3. The Morgan fingerprint density at radius 3 is 2.16 bits per heavy atom. The summed E-state index contributed by atoms with van der Waals surface area (Å²) in [5.74, 6) is 2.29. The number of hydrogen-bond donors (Lipinski definition) is 2. The minimum atomic E-state index is -2.17. The second-order valence-corrected chi connectivity index (χ2v) is 17.1. The number of non-ortho nitro benzene ring substituents is 1. The molecule has 15 nitrogen and oxygen atoms in total. The van der Waals surface area contributed by atoms with Crippen LogP contribution in [-0.2, 0) is 42.4 Å². The van der Waals surface area contributed by atoms with E-state index in [1.807, 2.05) is 108 Å². The third kappa shape index (κ3) is 8.57. The molecule has 0 aromatic heterocycles. The number of carbonyl (C=O) groups excluding carboxylic acids is 4. The van der Waals surface area contributed by atoms with Gasteiger partial charge in [0.05, 0.1) is 41.8 Å². The van der Waals surface area contributed by atoms with Crippen LogP contribution in [0.25, 0.3) is 0 Å². The smallest absolute Gasteiger partial charge is 0.421 e. The summed E-state index contributed by atoms with van der Waals surface area (Å²) in [7, 11) is 1.94. The summed E-state index contributed by atoms with van der Waals surface area (Å²) in [4.78, 5) is 76.2. The molecule has 2 saturated heterocycles. The number of amides is 3. The van der Waals surface area contributed by atoms with Crippen LogP contribution in [-0.4, -0.2) is 76.6 Å². The maximum Gasteiger partial charge on any atom is 0.421 e. The second kappa shape index (κ2) is 19.6. The Balaban J connectivity index is 1.26. The van der Waals surface area contributed by atoms with E-state index in [0.717, 1.165) is 10.5 Å². The average molecular weight is 926 g/mol. The molecular weight excluding hydrogens is 879 g/mol. The number of primary amides is 1. The van der Waals surface area contributed by atoms with Gasteiger partial charge in [-0.15, -0.1) is 0 Å². The Labute approximate surface area is 397 Å². The number of benzene rings is 6. The Morgan fingerprint density at radius 2 is 1.49 bits per heavy atom. The van der Waals surface area contributed by atoms with Crippen LogP contribution in [0, 0.1) is 27.9 Å². The third-order valence-electron chi connectivity index (χ3n) is 12.9. The number of aliphatic hydroxyl groups excluding tert-OH is 1. The molecule has 1 spiro atoms. The van der Waals surface area contributed by atoms with E-state index in [2.05, 4.69) is 11.8 Å². The van der Waals surface area contributed by atoms with Gasteiger partial charge in [-0.2, -0.15) is 0 Å². The molecule has 2 fully saturated rings. The Hall–Kier alpha value is -8.16. The number of nitrogens with two attached hydrogens (primary N) is 1. The van der Waals surface area contributed by atoms with Crippen molar-refractivity contribution >= 4 is 35.3 Å². The summed E-state index contributed by atoms with van der Waals surface area (Å²) < 4.78 is 18.5. The molecule has 0 radical (unpaired) electrons. The lowest BCUT2D eigenvalue weighted by atomic mass is 9.65. The molecule has 69 heavy (non-hydrogen) atoms. The number of rotatable bonds is 13. The molecule has 6 unspecified atom stereocenters. The first kappa shape index (κ1) is 46.0. The molecule has 0 bridgehead atoms. The van der Waals surface area contributed by atoms with Gasteiger partial charge in [-0.1, -0.05) is 121 Å². The van der Waals surface area contributed by atoms with Crippen molar-refractivity contribution in [3.8, 4) is 17.6 Å². The second-order valence-electron chi connectivity index (χ2n) is 17.1. The fourth-order valence-electron chi connectivity index (χ4n) is 10.1. The van der Waals surface area contributed by atoms with Gasteiger partial charge in [0.25, 0.3) is 5.69 Å². The molecule has 0 saturated carbocycles. The largest absolute Gasteiger partial charge is 0.491 e. The first-order valence-electron chi connectivity index (χ1n) is 22.3. The number of aliphatic hydroxyl groups is 1. The van der Waals surface area contributed by atoms with Crippen LogP contribution < -0.4 is 15.4 Å². The fourth-order valence-corrected chi connectivity index (χ4v) is 10.1. The van der Waals surface area contributed by atoms with E-state index in [4.69, 9.17) is 19.9 Å². The Morgan fingerprint density at radius 1 is 0.841 bits per heavy atom. The number of ether oxygens (including phenoxy) is 3. The summed E-state index contributed by atoms with van der Waals surface area (Å²) in [6.45, 7) is 0.127. The Kier molecular flexibility index (Phi) is 13.1. The predicted molar refractivity (Wildman–Crippen MR) is 253 cm³/mol. The number of esters is 1. The monoisotopic (exact) mass is 925 g/mol. The zero-order chi connectivity index (χ0) is 48.2. The van der Waals surface area contributed by atoms with Gasteiger partial charge in [0.2, 0.25) is 11.8 Å². The molecule has 3 N–H and O–H groups in total. The van der Waals surface area contributed by atoms with Crippen molar-refractivity contribution in [3.05, 3.63) is 207 Å². The molecule has 6 atom stereocenters. The molecule has 3 amide bonds. The molecule has 6 aromatic carbocycles. The average Bonchev–Trinajstić information content (AvgIpc) is 3.82. The van der Waals surface area contributed by atoms with E-state index >= 15 is 9.59 Å². The first-order chi connectivity index (χ1) is 33.5. The highest BCUT2D eigenvalue weighted by molar-refractivity contribution is 6.23. The van der Waals surface area contributed by atoms with E-state index < -0.39 is 64.4 Å². The molecule has 6 aromatic rings. The number of nitro groups is 1. The van der Waals surface area contributed by atoms with E-state index in [0.29, 0.717) is 40.9 Å². The van der Waals surface area contributed by atoms with Crippen LogP contribution in [0.5, 0.6) is 5.75 Å². The zero-order valence-electron chi connectivity index (χ0n) is 37.4. The summed E-state index contributed by atoms with van der Waals surface area (Å²) in [6.07, 6.45) is -2.09. The molecular formula is C54H47N5O10. The molecule has 348 valence electrons. The molecule has 3 aliphatic heterocycles. The van der Waals surface area contributed by atoms with Gasteiger partial charge >= 0.3 is 12.1 Å². The number of morpholine rings is 1. The highest BCUT2D eigenvalue weighted by Gasteiger charge is 2.76. The molecule has 15 heteroatoms. The SMILES string of the molecule is CN(CC#Cc1ccc2c(c1)C1(C(=O)N2C(=O)OCc2ccc([N+](=O)[O-])cc2)C(C(N)=O)C2C(=O)OC(c3ccccc3)C(c3ccccc3)N2C1c1ccccc1OCCO)Cc1ccccc1. The van der Waals surface area contributed by atoms with Gasteiger partial charge in [-0.05, 0) is 71.3 Å². The number of cyclic esters (lactones) is 1. The van der Waals surface area contributed by atoms with E-state index in [1.54, 1.807) is 42.5 Å². The zero-order valence-corrected chi connectivity index (χ0v) is 37.4. The number of nitro benzene ring substituents is 1. The number of fused-ring (bicyclic) bond motifs is 3. The van der Waals surface area contributed by atoms with Crippen LogP contribution in [0.2, 0.25) is 0 Å². The topological polar surface area (TPSA) is 195 Å². The van der Waals surface area contributed by atoms with Crippen molar-refractivity contribution in [3.63, 3.8) is 0 Å². The maximum atomic E-state index is 16.3. The van der Waals surface area contributed by atoms with Gasteiger partial charge in [-0.3, -0.25) is 34.3 Å². The highest BCUT2D eigenvalue weighted by atomic mass is 16.6. The predicted octanol–water partition coefficient (Wildman–Crippen LogP) is 6.94. The van der Waals surface area contributed by atoms with Gasteiger partial charge in [-0.25, -0.2) is 9.69 Å². The standard InChI is InChI=1S/C54H47N5O10/c1-56(33-36-14-5-2-6-15-36)29-13-16-35-25-28-43-42(32-35)54(52(63)57(43)53(64)68-34-37-23-26-40(27-24-37)59(65)66)45(50(55)61)47-51(62)69-48(39-19-9-4-10-20-39)46(38-17-7-3-8-18-38)58(47)49(54)41-21-11-12-22-44(41)67-31-30-60/h2-12,14-15,17-28,32,45-49,60H,29-31,33-34H2,1H3,(H2,55,61). The van der Waals surface area contributed by atoms with Gasteiger partial charge in [0, 0.05) is 29.8 Å². The van der Waals surface area contributed by atoms with Crippen LogP contribution >= 0.6 is 0 Å². The van der Waals surface area contributed by atoms with Crippen LogP contribution in [0.15, 0.2) is 158 Å². The summed E-state index contributed by atoms with van der Waals surface area (Å²) >= 11 is 0. The number of para-hydroxylation sites is 1. The number of nitrogens with zero attached hydrogens (tertiary/aromatic N) is 4. The lowest BCUT2D eigenvalue weighted by Crippen LogP contribution is -2.55. The summed E-state index contributed by atoms with van der Waals surface area (Å²) in [5, 5.41) is 21.4. The Bertz CT molecular complexity index is 2960. The summed E-state index contributed by atoms with van der Waals surface area (Å²) in [5.41, 5.74) is 8.08. The van der Waals surface area contributed by atoms with E-state index in [9.17, 15) is 24.8 Å². The van der Waals surface area contributed by atoms with Gasteiger partial charge in [0.1, 0.15) is 36.5 Å². The molecule has 9 rings (SSSR count). The van der Waals surface area contributed by atoms with Gasteiger partial charge < -0.3 is 25.1 Å². The molecule has 3 heterocycles. The quantitative estimate of drug-likeness (QED) is 0.0525. The lowest BCUT2D eigenvalue weighted by molar-refractivity contribution is -0.384. The van der Waals surface area contributed by atoms with Crippen LogP contribution in [0.1, 0.15) is 57.1 Å². The van der Waals surface area contributed by atoms with E-state index in [1.165, 1.54) is 24.3 Å². The van der Waals surface area contributed by atoms with Crippen molar-refractivity contribution in [2.45, 2.75) is 42.8 Å². The van der Waals surface area contributed by atoms with Crippen molar-refractivity contribution in [2.75, 3.05) is 31.7 Å². The molecule has 0 aliphatic carbocycles. The molecule has 3 aliphatic rings. The van der Waals surface area contributed by atoms with Crippen molar-refractivity contribution in [1.82, 2.24) is 9.80 Å².